The molecule has 0 heterocycles. The Labute approximate surface area is 280 Å². The van der Waals surface area contributed by atoms with Crippen LogP contribution < -0.4 is 35.2 Å². The molecule has 4 aromatic rings. The Balaban J connectivity index is 1.46. The van der Waals surface area contributed by atoms with Crippen LogP contribution in [0.15, 0.2) is 109 Å². The van der Waals surface area contributed by atoms with Gasteiger partial charge in [0.25, 0.3) is 0 Å². The number of rotatable bonds is 13. The number of ether oxygens (including phenoxy) is 2. The molecule has 0 spiro atoms. The lowest BCUT2D eigenvalue weighted by Gasteiger charge is -2.26. The van der Waals surface area contributed by atoms with Crippen LogP contribution in [0.25, 0.3) is 0 Å². The van der Waals surface area contributed by atoms with Gasteiger partial charge < -0.3 is 29.9 Å². The first-order valence-corrected chi connectivity index (χ1v) is 15.5. The van der Waals surface area contributed by atoms with Crippen molar-refractivity contribution in [1.29, 1.82) is 0 Å². The van der Waals surface area contributed by atoms with Crippen LogP contribution in [0.3, 0.4) is 0 Å². The zero-order valence-corrected chi connectivity index (χ0v) is 27.5. The number of anilines is 2. The summed E-state index contributed by atoms with van der Waals surface area (Å²) < 4.78 is 10.4. The normalized spacial score (nSPS) is 11.8. The summed E-state index contributed by atoms with van der Waals surface area (Å²) in [7, 11) is 6.34. The fraction of sp³-hybridized carbons (Fsp3) is 0.243. The van der Waals surface area contributed by atoms with Gasteiger partial charge in [-0.3, -0.25) is 14.9 Å². The summed E-state index contributed by atoms with van der Waals surface area (Å²) in [5.74, 6) is 0.518. The van der Waals surface area contributed by atoms with Crippen LogP contribution in [0.2, 0.25) is 0 Å². The molecule has 11 heteroatoms. The average molecular weight is 652 g/mol. The Hall–Kier alpha value is -5.84. The van der Waals surface area contributed by atoms with E-state index in [1.165, 1.54) is 9.80 Å². The minimum Gasteiger partial charge on any atom is -0.497 e. The van der Waals surface area contributed by atoms with Crippen LogP contribution in [0.1, 0.15) is 17.5 Å². The first-order chi connectivity index (χ1) is 23.2. The molecular formula is C37H41N5O6. The number of urea groups is 2. The monoisotopic (exact) mass is 651 g/mol. The lowest BCUT2D eigenvalue weighted by atomic mass is 10.0. The van der Waals surface area contributed by atoms with Crippen molar-refractivity contribution in [3.8, 4) is 11.5 Å². The summed E-state index contributed by atoms with van der Waals surface area (Å²) in [6, 6.07) is 29.0. The molecule has 0 saturated heterocycles. The number of carbonyl (C=O) groups excluding carboxylic acids is 4. The molecule has 0 aliphatic rings. The van der Waals surface area contributed by atoms with Crippen molar-refractivity contribution in [2.75, 3.05) is 38.1 Å². The minimum atomic E-state index is -1.01. The molecule has 2 atom stereocenters. The number of imide groups is 1. The van der Waals surface area contributed by atoms with Gasteiger partial charge in [-0.05, 0) is 72.5 Å². The third-order valence-electron chi connectivity index (χ3n) is 7.86. The lowest BCUT2D eigenvalue weighted by Crippen LogP contribution is -2.56. The highest BCUT2D eigenvalue weighted by Crippen LogP contribution is 2.21. The van der Waals surface area contributed by atoms with Crippen molar-refractivity contribution in [2.24, 2.45) is 0 Å². The molecule has 0 fully saturated rings. The Kier molecular flexibility index (Phi) is 12.5. The second kappa shape index (κ2) is 17.2. The Morgan fingerprint density at radius 1 is 0.583 bits per heavy atom. The van der Waals surface area contributed by atoms with Gasteiger partial charge in [0.1, 0.15) is 23.6 Å². The lowest BCUT2D eigenvalue weighted by molar-refractivity contribution is -0.120. The Morgan fingerprint density at radius 2 is 1.00 bits per heavy atom. The van der Waals surface area contributed by atoms with E-state index in [-0.39, 0.29) is 18.7 Å². The average Bonchev–Trinajstić information content (AvgIpc) is 3.12. The van der Waals surface area contributed by atoms with Crippen LogP contribution in [0, 0.1) is 0 Å². The molecule has 0 unspecified atom stereocenters. The second-order valence-electron chi connectivity index (χ2n) is 11.1. The van der Waals surface area contributed by atoms with Gasteiger partial charge >= 0.3 is 12.1 Å². The van der Waals surface area contributed by atoms with Crippen molar-refractivity contribution < 1.29 is 28.7 Å². The standard InChI is InChI=1S/C37H41N5O6/c1-41(28-16-20-30(47-3)21-17-28)34(43)32(24-15-26-11-7-5-8-12-26)38-36(45)40-37(46)39-33(25-27-13-9-6-10-14-27)35(44)42(2)29-18-22-31(48-4)23-19-29/h5-14,16-23,32-33H,15,24-25H2,1-4H3,(H3,38,39,40,45,46)/t32-,33-/m0/s1. The molecular weight excluding hydrogens is 610 g/mol. The highest BCUT2D eigenvalue weighted by Gasteiger charge is 2.28. The number of methoxy groups -OCH3 is 2. The van der Waals surface area contributed by atoms with E-state index in [4.69, 9.17) is 9.47 Å². The third-order valence-corrected chi connectivity index (χ3v) is 7.86. The van der Waals surface area contributed by atoms with Gasteiger partial charge in [-0.1, -0.05) is 60.7 Å². The second-order valence-corrected chi connectivity index (χ2v) is 11.1. The molecule has 48 heavy (non-hydrogen) atoms. The van der Waals surface area contributed by atoms with Crippen molar-refractivity contribution in [3.63, 3.8) is 0 Å². The molecule has 6 amide bonds. The predicted octanol–water partition coefficient (Wildman–Crippen LogP) is 4.95. The maximum absolute atomic E-state index is 13.7. The molecule has 0 saturated carbocycles. The number of likely N-dealkylation sites (N-methyl/N-ethyl adjacent to an activating group) is 2. The number of nitrogens with one attached hydrogen (secondary N) is 3. The Bertz CT molecular complexity index is 1650. The fourth-order valence-corrected chi connectivity index (χ4v) is 5.09. The molecule has 3 N–H and O–H groups in total. The van der Waals surface area contributed by atoms with Gasteiger partial charge in [0.15, 0.2) is 0 Å². The van der Waals surface area contributed by atoms with E-state index in [9.17, 15) is 19.2 Å². The van der Waals surface area contributed by atoms with E-state index < -0.39 is 30.1 Å². The summed E-state index contributed by atoms with van der Waals surface area (Å²) in [6.45, 7) is 0. The van der Waals surface area contributed by atoms with E-state index >= 15 is 0 Å². The predicted molar refractivity (Wildman–Crippen MR) is 185 cm³/mol. The molecule has 0 aliphatic heterocycles. The summed E-state index contributed by atoms with van der Waals surface area (Å²) in [5, 5.41) is 7.57. The van der Waals surface area contributed by atoms with Crippen molar-refractivity contribution in [1.82, 2.24) is 16.0 Å². The molecule has 0 aromatic heterocycles. The summed E-state index contributed by atoms with van der Waals surface area (Å²) in [4.78, 5) is 56.5. The van der Waals surface area contributed by atoms with Crippen LogP contribution in [0.4, 0.5) is 21.0 Å². The highest BCUT2D eigenvalue weighted by molar-refractivity contribution is 6.03. The van der Waals surface area contributed by atoms with Gasteiger partial charge in [0.2, 0.25) is 11.8 Å². The first-order valence-electron chi connectivity index (χ1n) is 15.5. The van der Waals surface area contributed by atoms with Crippen molar-refractivity contribution in [2.45, 2.75) is 31.3 Å². The zero-order chi connectivity index (χ0) is 34.5. The zero-order valence-electron chi connectivity index (χ0n) is 27.5. The summed E-state index contributed by atoms with van der Waals surface area (Å²) in [6.07, 6.45) is 0.964. The number of amides is 6. The Morgan fingerprint density at radius 3 is 1.46 bits per heavy atom. The van der Waals surface area contributed by atoms with Crippen LogP contribution >= 0.6 is 0 Å². The van der Waals surface area contributed by atoms with Gasteiger partial charge in [-0.2, -0.15) is 0 Å². The molecule has 0 radical (unpaired) electrons. The quantitative estimate of drug-likeness (QED) is 0.188. The maximum atomic E-state index is 13.7. The molecule has 0 aliphatic carbocycles. The van der Waals surface area contributed by atoms with E-state index in [0.717, 1.165) is 11.1 Å². The fourth-order valence-electron chi connectivity index (χ4n) is 5.09. The summed E-state index contributed by atoms with van der Waals surface area (Å²) >= 11 is 0. The van der Waals surface area contributed by atoms with Gasteiger partial charge in [-0.15, -0.1) is 0 Å². The molecule has 250 valence electrons. The maximum Gasteiger partial charge on any atom is 0.323 e. The third kappa shape index (κ3) is 9.83. The first kappa shape index (κ1) is 35.0. The summed E-state index contributed by atoms with van der Waals surface area (Å²) in [5.41, 5.74) is 3.01. The smallest absolute Gasteiger partial charge is 0.323 e. The van der Waals surface area contributed by atoms with Gasteiger partial charge in [-0.25, -0.2) is 9.59 Å². The van der Waals surface area contributed by atoms with Crippen LogP contribution in [0.5, 0.6) is 11.5 Å². The van der Waals surface area contributed by atoms with Crippen molar-refractivity contribution >= 4 is 35.3 Å². The number of nitrogens with zero attached hydrogens (tertiary/aromatic N) is 2. The van der Waals surface area contributed by atoms with E-state index in [1.807, 2.05) is 60.7 Å². The number of aryl methyl sites for hydroxylation is 1. The molecule has 0 bridgehead atoms. The number of hydrogen-bond donors (Lipinski definition) is 3. The molecule has 4 aromatic carbocycles. The van der Waals surface area contributed by atoms with Crippen LogP contribution in [-0.2, 0) is 22.4 Å². The van der Waals surface area contributed by atoms with Gasteiger partial charge in [0.05, 0.1) is 14.2 Å². The number of benzene rings is 4. The highest BCUT2D eigenvalue weighted by atomic mass is 16.5. The van der Waals surface area contributed by atoms with E-state index in [1.54, 1.807) is 76.8 Å². The van der Waals surface area contributed by atoms with E-state index in [0.29, 0.717) is 29.3 Å². The number of hydrogen-bond acceptors (Lipinski definition) is 6. The molecule has 4 rings (SSSR count). The SMILES string of the molecule is COc1ccc(N(C)C(=O)[C@H](CCc2ccccc2)NC(=O)NC(=O)N[C@@H](Cc2ccccc2)C(=O)N(C)c2ccc(OC)cc2)cc1. The van der Waals surface area contributed by atoms with Crippen LogP contribution in [-0.4, -0.2) is 64.3 Å². The molecule has 11 nitrogen and oxygen atoms in total. The topological polar surface area (TPSA) is 129 Å². The number of carbonyl (C=O) groups is 4. The van der Waals surface area contributed by atoms with Gasteiger partial charge in [0, 0.05) is 31.9 Å². The van der Waals surface area contributed by atoms with Crippen molar-refractivity contribution in [3.05, 3.63) is 120 Å². The minimum absolute atomic E-state index is 0.181. The van der Waals surface area contributed by atoms with E-state index in [2.05, 4.69) is 16.0 Å². The largest absolute Gasteiger partial charge is 0.497 e.